The molecule has 0 saturated carbocycles. The van der Waals surface area contributed by atoms with Gasteiger partial charge in [0, 0.05) is 11.0 Å². The number of sulfonamides is 1. The Bertz CT molecular complexity index is 608. The molecular formula is C10H10BrF2NO5S. The Balaban J connectivity index is 2.99. The number of benzene rings is 1. The van der Waals surface area contributed by atoms with Crippen molar-refractivity contribution in [2.24, 2.45) is 0 Å². The Morgan fingerprint density at radius 1 is 1.40 bits per heavy atom. The number of rotatable bonds is 6. The summed E-state index contributed by atoms with van der Waals surface area (Å²) in [7, 11) is -4.19. The van der Waals surface area contributed by atoms with Crippen molar-refractivity contribution in [2.75, 3.05) is 6.54 Å². The molecule has 10 heteroatoms. The molecule has 0 saturated heterocycles. The summed E-state index contributed by atoms with van der Waals surface area (Å²) in [6.45, 7) is -0.877. The van der Waals surface area contributed by atoms with Crippen LogP contribution in [0.5, 0.6) is 0 Å². The Labute approximate surface area is 121 Å². The second-order valence-corrected chi connectivity index (χ2v) is 6.32. The average molecular weight is 374 g/mol. The number of aliphatic hydroxyl groups is 1. The third-order valence-corrected chi connectivity index (χ3v) is 4.36. The highest BCUT2D eigenvalue weighted by atomic mass is 79.9. The average Bonchev–Trinajstić information content (AvgIpc) is 2.35. The van der Waals surface area contributed by atoms with Crippen molar-refractivity contribution in [3.63, 3.8) is 0 Å². The molecule has 1 unspecified atom stereocenters. The fourth-order valence-electron chi connectivity index (χ4n) is 1.20. The quantitative estimate of drug-likeness (QED) is 0.691. The number of carboxylic acids is 1. The second kappa shape index (κ2) is 6.57. The number of alkyl halides is 2. The van der Waals surface area contributed by atoms with Gasteiger partial charge in [-0.05, 0) is 34.1 Å². The van der Waals surface area contributed by atoms with Gasteiger partial charge in [-0.1, -0.05) is 0 Å². The van der Waals surface area contributed by atoms with Gasteiger partial charge in [0.2, 0.25) is 10.0 Å². The first-order valence-electron chi connectivity index (χ1n) is 5.14. The maximum absolute atomic E-state index is 12.1. The van der Waals surface area contributed by atoms with Crippen LogP contribution in [0, 0.1) is 0 Å². The molecule has 1 aromatic rings. The highest BCUT2D eigenvalue weighted by molar-refractivity contribution is 9.10. The van der Waals surface area contributed by atoms with E-state index in [-0.39, 0.29) is 10.0 Å². The van der Waals surface area contributed by atoms with Crippen molar-refractivity contribution >= 4 is 31.9 Å². The molecule has 1 rings (SSSR count). The fraction of sp³-hybridized carbons (Fsp3) is 0.300. The zero-order chi connectivity index (χ0) is 15.5. The highest BCUT2D eigenvalue weighted by Gasteiger charge is 2.22. The zero-order valence-electron chi connectivity index (χ0n) is 9.76. The van der Waals surface area contributed by atoms with Crippen molar-refractivity contribution in [1.29, 1.82) is 0 Å². The molecule has 0 fully saturated rings. The van der Waals surface area contributed by atoms with Gasteiger partial charge in [0.05, 0.1) is 10.5 Å². The number of hydrogen-bond donors (Lipinski definition) is 3. The van der Waals surface area contributed by atoms with Crippen LogP contribution in [0.15, 0.2) is 27.6 Å². The predicted octanol–water partition coefficient (Wildman–Crippen LogP) is 1.05. The summed E-state index contributed by atoms with van der Waals surface area (Å²) in [6.07, 6.45) is -5.23. The molecule has 0 aliphatic carbocycles. The minimum absolute atomic E-state index is 0.177. The van der Waals surface area contributed by atoms with E-state index in [2.05, 4.69) is 15.9 Å². The van der Waals surface area contributed by atoms with Gasteiger partial charge in [0.15, 0.2) is 0 Å². The molecule has 0 bridgehead atoms. The standard InChI is InChI=1S/C10H10BrF2NO5S/c11-7-2-1-5(3-6(7)10(16)17)20(18,19)14-4-8(15)9(12)13/h1-3,8-9,14-15H,4H2,(H,16,17). The number of hydrogen-bond acceptors (Lipinski definition) is 4. The van der Waals surface area contributed by atoms with Gasteiger partial charge in [-0.2, -0.15) is 0 Å². The summed E-state index contributed by atoms with van der Waals surface area (Å²) >= 11 is 2.94. The fourth-order valence-corrected chi connectivity index (χ4v) is 2.70. The summed E-state index contributed by atoms with van der Waals surface area (Å²) in [6, 6.07) is 3.19. The third-order valence-electron chi connectivity index (χ3n) is 2.25. The first-order chi connectivity index (χ1) is 9.15. The molecule has 0 aromatic heterocycles. The van der Waals surface area contributed by atoms with E-state index in [0.29, 0.717) is 0 Å². The molecule has 1 atom stereocenters. The number of halogens is 3. The summed E-state index contributed by atoms with van der Waals surface area (Å²) in [5.74, 6) is -1.35. The third kappa shape index (κ3) is 4.20. The molecule has 3 N–H and O–H groups in total. The van der Waals surface area contributed by atoms with Crippen LogP contribution in [-0.2, 0) is 10.0 Å². The normalized spacial score (nSPS) is 13.4. The number of aliphatic hydroxyl groups excluding tert-OH is 1. The molecule has 0 spiro atoms. The summed E-state index contributed by atoms with van der Waals surface area (Å²) in [4.78, 5) is 10.5. The van der Waals surface area contributed by atoms with Gasteiger partial charge < -0.3 is 10.2 Å². The Hall–Kier alpha value is -1.10. The van der Waals surface area contributed by atoms with Crippen molar-refractivity contribution < 1.29 is 32.2 Å². The zero-order valence-corrected chi connectivity index (χ0v) is 12.2. The van der Waals surface area contributed by atoms with Gasteiger partial charge >= 0.3 is 5.97 Å². The summed E-state index contributed by atoms with van der Waals surface area (Å²) < 4.78 is 49.6. The molecular weight excluding hydrogens is 364 g/mol. The van der Waals surface area contributed by atoms with Gasteiger partial charge in [0.1, 0.15) is 6.10 Å². The molecule has 1 aromatic carbocycles. The Morgan fingerprint density at radius 2 is 2.00 bits per heavy atom. The first-order valence-corrected chi connectivity index (χ1v) is 7.41. The monoisotopic (exact) mass is 373 g/mol. The van der Waals surface area contributed by atoms with Crippen LogP contribution in [0.2, 0.25) is 0 Å². The number of nitrogens with one attached hydrogen (secondary N) is 1. The molecule has 0 aliphatic rings. The predicted molar refractivity (Wildman–Crippen MR) is 68.3 cm³/mol. The number of carbonyl (C=O) groups is 1. The Morgan fingerprint density at radius 3 is 2.50 bits per heavy atom. The van der Waals surface area contributed by atoms with Crippen LogP contribution in [0.4, 0.5) is 8.78 Å². The van der Waals surface area contributed by atoms with Crippen molar-refractivity contribution in [3.8, 4) is 0 Å². The van der Waals surface area contributed by atoms with E-state index in [1.807, 2.05) is 0 Å². The van der Waals surface area contributed by atoms with Crippen LogP contribution in [0.25, 0.3) is 0 Å². The highest BCUT2D eigenvalue weighted by Crippen LogP contribution is 2.21. The first kappa shape index (κ1) is 17.0. The molecule has 112 valence electrons. The molecule has 0 amide bonds. The molecule has 6 nitrogen and oxygen atoms in total. The second-order valence-electron chi connectivity index (χ2n) is 3.70. The summed E-state index contributed by atoms with van der Waals surface area (Å²) in [5, 5.41) is 17.7. The van der Waals surface area contributed by atoms with Crippen molar-refractivity contribution in [1.82, 2.24) is 4.72 Å². The number of aromatic carboxylic acids is 1. The van der Waals surface area contributed by atoms with Crippen LogP contribution >= 0.6 is 15.9 Å². The maximum atomic E-state index is 12.1. The van der Waals surface area contributed by atoms with Crippen LogP contribution in [0.3, 0.4) is 0 Å². The van der Waals surface area contributed by atoms with Gasteiger partial charge in [-0.3, -0.25) is 0 Å². The van der Waals surface area contributed by atoms with E-state index in [4.69, 9.17) is 10.2 Å². The van der Waals surface area contributed by atoms with E-state index in [1.54, 1.807) is 4.72 Å². The molecule has 0 heterocycles. The lowest BCUT2D eigenvalue weighted by atomic mass is 10.2. The molecule has 20 heavy (non-hydrogen) atoms. The smallest absolute Gasteiger partial charge is 0.336 e. The van der Waals surface area contributed by atoms with Crippen LogP contribution in [-0.4, -0.2) is 43.7 Å². The topological polar surface area (TPSA) is 104 Å². The van der Waals surface area contributed by atoms with Gasteiger partial charge in [-0.25, -0.2) is 26.7 Å². The lowest BCUT2D eigenvalue weighted by molar-refractivity contribution is -0.000451. The maximum Gasteiger partial charge on any atom is 0.336 e. The van der Waals surface area contributed by atoms with Crippen molar-refractivity contribution in [3.05, 3.63) is 28.2 Å². The minimum Gasteiger partial charge on any atom is -0.478 e. The SMILES string of the molecule is O=C(O)c1cc(S(=O)(=O)NCC(O)C(F)F)ccc1Br. The van der Waals surface area contributed by atoms with E-state index >= 15 is 0 Å². The number of carboxylic acid groups (broad SMARTS) is 1. The van der Waals surface area contributed by atoms with E-state index in [1.165, 1.54) is 6.07 Å². The Kier molecular flexibility index (Phi) is 5.57. The van der Waals surface area contributed by atoms with Crippen molar-refractivity contribution in [2.45, 2.75) is 17.4 Å². The van der Waals surface area contributed by atoms with E-state index < -0.39 is 40.0 Å². The van der Waals surface area contributed by atoms with Crippen LogP contribution < -0.4 is 4.72 Å². The molecule has 0 aliphatic heterocycles. The lowest BCUT2D eigenvalue weighted by Gasteiger charge is -2.12. The minimum atomic E-state index is -4.19. The van der Waals surface area contributed by atoms with Gasteiger partial charge in [0.25, 0.3) is 6.43 Å². The molecule has 0 radical (unpaired) electrons. The summed E-state index contributed by atoms with van der Waals surface area (Å²) in [5.41, 5.74) is -0.290. The van der Waals surface area contributed by atoms with Gasteiger partial charge in [-0.15, -0.1) is 0 Å². The largest absolute Gasteiger partial charge is 0.478 e. The van der Waals surface area contributed by atoms with Crippen LogP contribution in [0.1, 0.15) is 10.4 Å². The van der Waals surface area contributed by atoms with E-state index in [0.717, 1.165) is 12.1 Å². The van der Waals surface area contributed by atoms with E-state index in [9.17, 15) is 22.0 Å². The lowest BCUT2D eigenvalue weighted by Crippen LogP contribution is -2.35.